The van der Waals surface area contributed by atoms with E-state index < -0.39 is 5.97 Å². The Morgan fingerprint density at radius 3 is 2.58 bits per heavy atom. The van der Waals surface area contributed by atoms with Crippen LogP contribution in [0.25, 0.3) is 0 Å². The van der Waals surface area contributed by atoms with Crippen LogP contribution in [0.2, 0.25) is 0 Å². The maximum Gasteiger partial charge on any atom is 0.305 e. The zero-order valence-electron chi connectivity index (χ0n) is 12.3. The molecule has 4 nitrogen and oxygen atoms in total. The molecule has 1 aliphatic rings. The summed E-state index contributed by atoms with van der Waals surface area (Å²) in [4.78, 5) is 25.0. The van der Waals surface area contributed by atoms with Crippen molar-refractivity contribution >= 4 is 23.6 Å². The van der Waals surface area contributed by atoms with Gasteiger partial charge in [0.25, 0.3) is 0 Å². The minimum absolute atomic E-state index is 0.0582. The summed E-state index contributed by atoms with van der Waals surface area (Å²) in [6, 6.07) is -0.143. The molecule has 0 aromatic carbocycles. The van der Waals surface area contributed by atoms with Crippen LogP contribution in [0.4, 0.5) is 0 Å². The third kappa shape index (κ3) is 5.05. The highest BCUT2D eigenvalue weighted by Gasteiger charge is 2.31. The van der Waals surface area contributed by atoms with Gasteiger partial charge in [0.1, 0.15) is 0 Å². The number of aliphatic carboxylic acids is 1. The molecule has 1 rings (SSSR count). The number of carboxylic acids is 1. The normalized spacial score (nSPS) is 22.1. The van der Waals surface area contributed by atoms with Crippen LogP contribution in [-0.2, 0) is 9.59 Å². The Labute approximate surface area is 119 Å². The maximum absolute atomic E-state index is 12.4. The molecule has 1 fully saturated rings. The van der Waals surface area contributed by atoms with E-state index in [1.54, 1.807) is 16.7 Å². The predicted molar refractivity (Wildman–Crippen MR) is 78.3 cm³/mol. The van der Waals surface area contributed by atoms with Gasteiger partial charge in [-0.25, -0.2) is 0 Å². The molecule has 110 valence electrons. The first-order chi connectivity index (χ1) is 8.71. The van der Waals surface area contributed by atoms with Crippen LogP contribution in [0.5, 0.6) is 0 Å². The zero-order chi connectivity index (χ0) is 14.6. The summed E-state index contributed by atoms with van der Waals surface area (Å²) in [5.41, 5.74) is 0.0997. The summed E-state index contributed by atoms with van der Waals surface area (Å²) in [7, 11) is 0. The molecule has 0 bridgehead atoms. The second kappa shape index (κ2) is 6.64. The molecule has 0 aromatic heterocycles. The van der Waals surface area contributed by atoms with Gasteiger partial charge in [-0.15, -0.1) is 0 Å². The molecule has 1 heterocycles. The van der Waals surface area contributed by atoms with Crippen LogP contribution in [0.3, 0.4) is 0 Å². The molecule has 0 radical (unpaired) electrons. The number of carbonyl (C=O) groups excluding carboxylic acids is 1. The van der Waals surface area contributed by atoms with Crippen molar-refractivity contribution in [2.75, 3.05) is 18.1 Å². The lowest BCUT2D eigenvalue weighted by Crippen LogP contribution is -2.47. The lowest BCUT2D eigenvalue weighted by molar-refractivity contribution is -0.141. The first-order valence-corrected chi connectivity index (χ1v) is 7.96. The fourth-order valence-electron chi connectivity index (χ4n) is 2.04. The van der Waals surface area contributed by atoms with Gasteiger partial charge in [-0.2, -0.15) is 11.8 Å². The van der Waals surface area contributed by atoms with Crippen molar-refractivity contribution in [3.05, 3.63) is 0 Å². The molecule has 19 heavy (non-hydrogen) atoms. The van der Waals surface area contributed by atoms with Crippen LogP contribution >= 0.6 is 11.8 Å². The van der Waals surface area contributed by atoms with E-state index in [1.807, 2.05) is 0 Å². The van der Waals surface area contributed by atoms with Gasteiger partial charge in [0.05, 0.1) is 12.5 Å². The third-order valence-electron chi connectivity index (χ3n) is 3.92. The number of carbonyl (C=O) groups is 2. The molecule has 1 amide bonds. The SMILES string of the molecule is CC(CC(=O)N1CCSCC1CC(=O)O)C(C)(C)C. The first-order valence-electron chi connectivity index (χ1n) is 6.81. The number of carboxylic acid groups (broad SMARTS) is 1. The summed E-state index contributed by atoms with van der Waals surface area (Å²) in [5, 5.41) is 8.93. The van der Waals surface area contributed by atoms with Crippen LogP contribution in [0.15, 0.2) is 0 Å². The second-order valence-electron chi connectivity index (χ2n) is 6.38. The molecule has 0 saturated carbocycles. The number of nitrogens with zero attached hydrogens (tertiary/aromatic N) is 1. The van der Waals surface area contributed by atoms with Crippen LogP contribution in [-0.4, -0.2) is 46.0 Å². The van der Waals surface area contributed by atoms with Gasteiger partial charge in [-0.05, 0) is 11.3 Å². The average molecular weight is 287 g/mol. The van der Waals surface area contributed by atoms with Crippen molar-refractivity contribution in [1.82, 2.24) is 4.90 Å². The van der Waals surface area contributed by atoms with Gasteiger partial charge >= 0.3 is 5.97 Å². The number of hydrogen-bond acceptors (Lipinski definition) is 3. The van der Waals surface area contributed by atoms with E-state index >= 15 is 0 Å². The van der Waals surface area contributed by atoms with Gasteiger partial charge in [-0.1, -0.05) is 27.7 Å². The summed E-state index contributed by atoms with van der Waals surface area (Å²) < 4.78 is 0. The number of thioether (sulfide) groups is 1. The standard InChI is InChI=1S/C14H25NO3S/c1-10(14(2,3)4)7-12(16)15-5-6-19-9-11(15)8-13(17)18/h10-11H,5-9H2,1-4H3,(H,17,18). The quantitative estimate of drug-likeness (QED) is 0.863. The smallest absolute Gasteiger partial charge is 0.305 e. The molecule has 2 unspecified atom stereocenters. The average Bonchev–Trinajstić information content (AvgIpc) is 2.27. The molecule has 1 aliphatic heterocycles. The highest BCUT2D eigenvalue weighted by molar-refractivity contribution is 7.99. The molecule has 0 spiro atoms. The molecular formula is C14H25NO3S. The van der Waals surface area contributed by atoms with E-state index in [4.69, 9.17) is 5.11 Å². The third-order valence-corrected chi connectivity index (χ3v) is 5.01. The van der Waals surface area contributed by atoms with Gasteiger partial charge in [0.15, 0.2) is 0 Å². The Kier molecular flexibility index (Phi) is 5.71. The molecular weight excluding hydrogens is 262 g/mol. The monoisotopic (exact) mass is 287 g/mol. The van der Waals surface area contributed by atoms with Crippen molar-refractivity contribution in [1.29, 1.82) is 0 Å². The fourth-order valence-corrected chi connectivity index (χ4v) is 3.10. The van der Waals surface area contributed by atoms with E-state index in [0.717, 1.165) is 11.5 Å². The zero-order valence-corrected chi connectivity index (χ0v) is 13.1. The van der Waals surface area contributed by atoms with E-state index in [2.05, 4.69) is 27.7 Å². The van der Waals surface area contributed by atoms with Gasteiger partial charge in [-0.3, -0.25) is 9.59 Å². The van der Waals surface area contributed by atoms with Gasteiger partial charge in [0.2, 0.25) is 5.91 Å². The van der Waals surface area contributed by atoms with Crippen molar-refractivity contribution in [3.8, 4) is 0 Å². The Balaban J connectivity index is 2.64. The Morgan fingerprint density at radius 1 is 1.42 bits per heavy atom. The highest BCUT2D eigenvalue weighted by atomic mass is 32.2. The molecule has 1 N–H and O–H groups in total. The van der Waals surface area contributed by atoms with Crippen molar-refractivity contribution in [3.63, 3.8) is 0 Å². The topological polar surface area (TPSA) is 57.6 Å². The predicted octanol–water partition coefficient (Wildman–Crippen LogP) is 2.48. The van der Waals surface area contributed by atoms with Gasteiger partial charge < -0.3 is 10.0 Å². The fraction of sp³-hybridized carbons (Fsp3) is 0.857. The van der Waals surface area contributed by atoms with E-state index in [-0.39, 0.29) is 23.8 Å². The minimum Gasteiger partial charge on any atom is -0.481 e. The van der Waals surface area contributed by atoms with Crippen LogP contribution < -0.4 is 0 Å². The molecule has 5 heteroatoms. The Morgan fingerprint density at radius 2 is 2.05 bits per heavy atom. The number of rotatable bonds is 4. The van der Waals surface area contributed by atoms with Crippen molar-refractivity contribution in [2.24, 2.45) is 11.3 Å². The highest BCUT2D eigenvalue weighted by Crippen LogP contribution is 2.29. The number of amides is 1. The molecule has 0 aliphatic carbocycles. The van der Waals surface area contributed by atoms with E-state index in [9.17, 15) is 9.59 Å². The lowest BCUT2D eigenvalue weighted by atomic mass is 9.80. The Bertz CT molecular complexity index is 338. The number of hydrogen-bond donors (Lipinski definition) is 1. The maximum atomic E-state index is 12.4. The van der Waals surface area contributed by atoms with Crippen molar-refractivity contribution < 1.29 is 14.7 Å². The molecule has 1 saturated heterocycles. The van der Waals surface area contributed by atoms with Crippen LogP contribution in [0, 0.1) is 11.3 Å². The van der Waals surface area contributed by atoms with E-state index in [0.29, 0.717) is 18.9 Å². The van der Waals surface area contributed by atoms with E-state index in [1.165, 1.54) is 0 Å². The summed E-state index contributed by atoms with van der Waals surface area (Å²) in [5.74, 6) is 1.22. The van der Waals surface area contributed by atoms with Crippen LogP contribution in [0.1, 0.15) is 40.5 Å². The Hall–Kier alpha value is -0.710. The van der Waals surface area contributed by atoms with Crippen molar-refractivity contribution in [2.45, 2.75) is 46.6 Å². The first kappa shape index (κ1) is 16.3. The minimum atomic E-state index is -0.825. The largest absolute Gasteiger partial charge is 0.481 e. The van der Waals surface area contributed by atoms with Gasteiger partial charge in [0, 0.05) is 24.5 Å². The lowest BCUT2D eigenvalue weighted by Gasteiger charge is -2.36. The summed E-state index contributed by atoms with van der Waals surface area (Å²) in [6.45, 7) is 9.16. The molecule has 2 atom stereocenters. The summed E-state index contributed by atoms with van der Waals surface area (Å²) in [6.07, 6.45) is 0.562. The molecule has 0 aromatic rings. The summed E-state index contributed by atoms with van der Waals surface area (Å²) >= 11 is 1.73. The second-order valence-corrected chi connectivity index (χ2v) is 7.53.